The third-order valence-electron chi connectivity index (χ3n) is 14.8. The molecule has 0 aliphatic rings. The van der Waals surface area contributed by atoms with Crippen molar-refractivity contribution in [2.24, 2.45) is 0 Å². The molecule has 0 aliphatic carbocycles. The zero-order chi connectivity index (χ0) is 68.0. The Hall–Kier alpha value is -10.2. The van der Waals surface area contributed by atoms with Crippen molar-refractivity contribution in [3.05, 3.63) is 399 Å². The Kier molecular flexibility index (Phi) is 29.6. The third kappa shape index (κ3) is 23.3. The van der Waals surface area contributed by atoms with Gasteiger partial charge in [-0.1, -0.05) is 134 Å². The van der Waals surface area contributed by atoms with Crippen molar-refractivity contribution < 1.29 is 64.4 Å². The topological polar surface area (TPSA) is 77.3 Å². The van der Waals surface area contributed by atoms with Crippen molar-refractivity contribution in [3.8, 4) is 101 Å². The maximum atomic E-state index is 7.67. The minimum Gasteiger partial charge on any atom is -0.305 e. The Morgan fingerprint density at radius 1 is 0.265 bits per heavy atom. The van der Waals surface area contributed by atoms with Gasteiger partial charge >= 0.3 is 0 Å². The molecule has 9 aromatic carbocycles. The molecule has 0 saturated heterocycles. The molecule has 15 rings (SSSR count). The fraction of sp³-hybridized carbons (Fsp3) is 0.0562. The Morgan fingerprint density at radius 3 is 0.847 bits per heavy atom. The van der Waals surface area contributed by atoms with E-state index in [2.05, 4.69) is 141 Å². The quantitative estimate of drug-likeness (QED) is 0.127. The van der Waals surface area contributed by atoms with Crippen LogP contribution in [-0.4, -0.2) is 29.9 Å². The van der Waals surface area contributed by atoms with E-state index in [0.717, 1.165) is 90.7 Å². The summed E-state index contributed by atoms with van der Waals surface area (Å²) < 4.78 is 23.0. The molecule has 489 valence electrons. The summed E-state index contributed by atoms with van der Waals surface area (Å²) in [5.74, 6) is 0. The first kappa shape index (κ1) is 70.6. The van der Waals surface area contributed by atoms with E-state index >= 15 is 0 Å². The van der Waals surface area contributed by atoms with Gasteiger partial charge in [-0.25, -0.2) is 0 Å². The summed E-state index contributed by atoms with van der Waals surface area (Å²) in [6.07, 6.45) is 11.9. The van der Waals surface area contributed by atoms with Crippen LogP contribution in [0.3, 0.4) is 0 Å². The van der Waals surface area contributed by atoms with Crippen molar-refractivity contribution in [2.75, 3.05) is 0 Å². The monoisotopic (exact) mass is 1800 g/mol. The SMILES string of the molecule is CCc1ccc(-c2ccnc(-c3[c-]cccc3)c2)cc1.Cc1ccc(-c2ccnc(-c3[c-]cccc3)c2)cc1.[2H]C([2H])([2H])c1cc(-c2ccnc(-c3[c-]cccc3)c2)ccc1C.[Ir].[Ir].[Ir].[c-]1ccccc1-c1ccccn1.[c-]1ccccc1-c1ccccn1.[c-]1ccccc1-c1ccccn1. The number of nitrogens with zero attached hydrogens (tertiary/aromatic N) is 6. The molecule has 15 aromatic rings. The number of hydrogen-bond acceptors (Lipinski definition) is 6. The summed E-state index contributed by atoms with van der Waals surface area (Å²) >= 11 is 0. The third-order valence-corrected chi connectivity index (χ3v) is 14.8. The Morgan fingerprint density at radius 2 is 0.551 bits per heavy atom. The maximum absolute atomic E-state index is 7.67. The molecule has 0 atom stereocenters. The van der Waals surface area contributed by atoms with Crippen LogP contribution >= 0.6 is 0 Å². The van der Waals surface area contributed by atoms with E-state index in [1.54, 1.807) is 30.9 Å². The summed E-state index contributed by atoms with van der Waals surface area (Å²) in [4.78, 5) is 25.9. The van der Waals surface area contributed by atoms with Crippen molar-refractivity contribution in [2.45, 2.75) is 34.0 Å². The Bertz CT molecular complexity index is 4500. The largest absolute Gasteiger partial charge is 0.305 e. The molecule has 0 N–H and O–H groups in total. The van der Waals surface area contributed by atoms with Gasteiger partial charge < -0.3 is 29.9 Å². The summed E-state index contributed by atoms with van der Waals surface area (Å²) in [5, 5.41) is 0. The predicted molar refractivity (Wildman–Crippen MR) is 391 cm³/mol. The van der Waals surface area contributed by atoms with Crippen molar-refractivity contribution in [1.82, 2.24) is 29.9 Å². The van der Waals surface area contributed by atoms with Crippen molar-refractivity contribution in [3.63, 3.8) is 0 Å². The van der Waals surface area contributed by atoms with E-state index in [1.807, 2.05) is 256 Å². The first-order chi connectivity index (χ1) is 48.0. The molecule has 98 heavy (non-hydrogen) atoms. The number of aryl methyl sites for hydroxylation is 4. The predicted octanol–water partition coefficient (Wildman–Crippen LogP) is 21.8. The molecule has 0 aliphatic heterocycles. The van der Waals surface area contributed by atoms with Crippen molar-refractivity contribution >= 4 is 0 Å². The van der Waals surface area contributed by atoms with Gasteiger partial charge in [0.05, 0.1) is 0 Å². The van der Waals surface area contributed by atoms with Crippen molar-refractivity contribution in [1.29, 1.82) is 0 Å². The summed E-state index contributed by atoms with van der Waals surface area (Å²) in [6, 6.07) is 118. The molecule has 6 heterocycles. The van der Waals surface area contributed by atoms with Crippen LogP contribution in [0.4, 0.5) is 0 Å². The molecule has 0 amide bonds. The van der Waals surface area contributed by atoms with Crippen LogP contribution in [0.25, 0.3) is 101 Å². The zero-order valence-corrected chi connectivity index (χ0v) is 61.4. The van der Waals surface area contributed by atoms with Gasteiger partial charge in [0.25, 0.3) is 0 Å². The van der Waals surface area contributed by atoms with Gasteiger partial charge in [0, 0.05) is 102 Å². The second kappa shape index (κ2) is 41.0. The average Bonchev–Trinajstić information content (AvgIpc) is 0.810. The molecule has 0 bridgehead atoms. The van der Waals surface area contributed by atoms with Gasteiger partial charge in [0.15, 0.2) is 0 Å². The van der Waals surface area contributed by atoms with Crippen LogP contribution < -0.4 is 0 Å². The number of aromatic nitrogens is 6. The van der Waals surface area contributed by atoms with Gasteiger partial charge in [-0.3, -0.25) is 0 Å². The molecule has 0 fully saturated rings. The van der Waals surface area contributed by atoms with Crippen LogP contribution in [0.5, 0.6) is 0 Å². The van der Waals surface area contributed by atoms with E-state index < -0.39 is 6.85 Å². The van der Waals surface area contributed by atoms with Gasteiger partial charge in [-0.15, -0.1) is 215 Å². The Balaban J connectivity index is 0.000000172. The van der Waals surface area contributed by atoms with Gasteiger partial charge in [0.2, 0.25) is 0 Å². The van der Waals surface area contributed by atoms with Crippen LogP contribution in [0.2, 0.25) is 0 Å². The molecule has 9 heteroatoms. The Labute approximate surface area is 623 Å². The molecule has 0 spiro atoms. The fourth-order valence-corrected chi connectivity index (χ4v) is 9.63. The number of rotatable bonds is 10. The van der Waals surface area contributed by atoms with Crippen LogP contribution in [0, 0.1) is 57.1 Å². The number of hydrogen-bond donors (Lipinski definition) is 0. The number of benzene rings is 9. The molecular weight excluding hydrogens is 1730 g/mol. The van der Waals surface area contributed by atoms with Gasteiger partial charge in [0.1, 0.15) is 0 Å². The zero-order valence-electron chi connectivity index (χ0n) is 57.2. The first-order valence-corrected chi connectivity index (χ1v) is 31.3. The molecule has 6 aromatic heterocycles. The van der Waals surface area contributed by atoms with E-state index in [9.17, 15) is 0 Å². The summed E-state index contributed by atoms with van der Waals surface area (Å²) in [5.41, 5.74) is 22.2. The minimum atomic E-state index is -2.11. The molecule has 6 nitrogen and oxygen atoms in total. The van der Waals surface area contributed by atoms with E-state index in [4.69, 9.17) is 4.11 Å². The first-order valence-electron chi connectivity index (χ1n) is 32.8. The fourth-order valence-electron chi connectivity index (χ4n) is 9.63. The summed E-state index contributed by atoms with van der Waals surface area (Å²) in [6.45, 7) is 3.98. The average molecular weight is 1800 g/mol. The van der Waals surface area contributed by atoms with Gasteiger partial charge in [-0.2, -0.15) is 0 Å². The molecular formula is C89H70Ir3N6-6. The minimum absolute atomic E-state index is 0. The van der Waals surface area contributed by atoms with E-state index in [1.165, 1.54) is 33.4 Å². The smallest absolute Gasteiger partial charge is 0.0280 e. The molecule has 0 unspecified atom stereocenters. The number of pyridine rings is 6. The van der Waals surface area contributed by atoms with Gasteiger partial charge in [-0.05, 0) is 148 Å². The summed E-state index contributed by atoms with van der Waals surface area (Å²) in [7, 11) is 0. The second-order valence-electron chi connectivity index (χ2n) is 21.5. The van der Waals surface area contributed by atoms with E-state index in [0.29, 0.717) is 5.56 Å². The second-order valence-corrected chi connectivity index (χ2v) is 21.5. The van der Waals surface area contributed by atoms with Crippen LogP contribution in [-0.2, 0) is 66.7 Å². The molecule has 0 saturated carbocycles. The van der Waals surface area contributed by atoms with Crippen LogP contribution in [0.15, 0.2) is 340 Å². The standard InChI is InChI=1S/2C19H16N.C18H14N.3C11H8N.3Ir/c1-14-8-9-17(12-15(14)2)18-10-11-20-19(13-18)16-6-4-3-5-7-16;1-2-15-8-10-16(11-9-15)18-12-13-20-19(14-18)17-6-4-3-5-7-17;1-14-7-9-15(10-8-14)17-11-12-19-18(13-17)16-5-3-2-4-6-16;3*1-2-6-10(7-3-1)11-8-4-5-9-12-11;;;/h3-6,8-13H,1-2H3;3-6,8-14H,2H2,1H3;2-5,7-13H,1H3;3*1-6,8-9H;;;/q6*-1;;;/i2D3;;;;;;;;. The van der Waals surface area contributed by atoms with E-state index in [-0.39, 0.29) is 60.3 Å². The maximum Gasteiger partial charge on any atom is 0.0280 e. The van der Waals surface area contributed by atoms with Crippen LogP contribution in [0.1, 0.15) is 33.3 Å². The normalized spacial score (nSPS) is 10.4. The molecule has 3 radical (unpaired) electrons.